The molecule has 4 aromatic rings. The predicted octanol–water partition coefficient (Wildman–Crippen LogP) is 6.50. The molecule has 1 spiro atoms. The lowest BCUT2D eigenvalue weighted by atomic mass is 9.72. The second kappa shape index (κ2) is 14.8. The number of amides is 1. The molecule has 11 nitrogen and oxygen atoms in total. The molecule has 1 N–H and O–H groups in total. The van der Waals surface area contributed by atoms with Crippen molar-refractivity contribution in [3.8, 4) is 22.9 Å². The third-order valence-corrected chi connectivity index (χ3v) is 10.7. The number of fused-ring (bicyclic) bond motifs is 2. The summed E-state index contributed by atoms with van der Waals surface area (Å²) >= 11 is 0. The van der Waals surface area contributed by atoms with E-state index in [0.29, 0.717) is 77.1 Å². The van der Waals surface area contributed by atoms with Crippen LogP contribution in [0.3, 0.4) is 0 Å². The Labute approximate surface area is 306 Å². The number of aromatic nitrogens is 4. The van der Waals surface area contributed by atoms with E-state index in [1.54, 1.807) is 30.4 Å². The van der Waals surface area contributed by atoms with Crippen LogP contribution in [0.25, 0.3) is 45.1 Å². The molecule has 5 heterocycles. The third-order valence-electron chi connectivity index (χ3n) is 10.7. The van der Waals surface area contributed by atoms with E-state index in [4.69, 9.17) is 24.2 Å². The van der Waals surface area contributed by atoms with Gasteiger partial charge in [0.15, 0.2) is 12.4 Å². The second-order valence-corrected chi connectivity index (χ2v) is 14.1. The zero-order chi connectivity index (χ0) is 37.3. The number of nitrogens with one attached hydrogen (secondary N) is 1. The topological polar surface area (TPSA) is 109 Å². The summed E-state index contributed by atoms with van der Waals surface area (Å²) in [5, 5.41) is 8.38. The number of aromatic amines is 1. The largest absolute Gasteiger partial charge is 0.481 e. The van der Waals surface area contributed by atoms with E-state index in [-0.39, 0.29) is 34.7 Å². The van der Waals surface area contributed by atoms with Crippen LogP contribution in [-0.2, 0) is 9.53 Å². The number of hydrogen-bond acceptors (Lipinski definition) is 9. The normalized spacial score (nSPS) is 18.0. The molecule has 2 aromatic heterocycles. The van der Waals surface area contributed by atoms with Crippen LogP contribution in [0.15, 0.2) is 50.2 Å². The van der Waals surface area contributed by atoms with Crippen molar-refractivity contribution >= 4 is 45.7 Å². The van der Waals surface area contributed by atoms with Crippen LogP contribution in [0.2, 0.25) is 0 Å². The summed E-state index contributed by atoms with van der Waals surface area (Å²) in [7, 11) is 1.68. The molecule has 3 aliphatic rings. The number of carbonyl (C=O) groups is 1. The molecule has 3 fully saturated rings. The molecular weight excluding hydrogens is 687 g/mol. The highest BCUT2D eigenvalue weighted by Gasteiger charge is 2.46. The molecule has 0 unspecified atom stereocenters. The molecule has 53 heavy (non-hydrogen) atoms. The van der Waals surface area contributed by atoms with Gasteiger partial charge in [0.1, 0.15) is 17.4 Å². The molecular formula is C39H44F3N7O4. The average molecular weight is 732 g/mol. The van der Waals surface area contributed by atoms with Crippen LogP contribution in [0, 0.1) is 5.41 Å². The summed E-state index contributed by atoms with van der Waals surface area (Å²) in [5.74, 6) is 0.421. The van der Waals surface area contributed by atoms with Gasteiger partial charge in [-0.3, -0.25) is 9.89 Å². The van der Waals surface area contributed by atoms with Gasteiger partial charge in [0, 0.05) is 80.2 Å². The summed E-state index contributed by atoms with van der Waals surface area (Å²) in [6, 6.07) is 5.63. The molecule has 14 heteroatoms. The second-order valence-electron chi connectivity index (χ2n) is 14.1. The standard InChI is InChI=1S/C39H44F3N7O4/c1-5-25-8-9-30-29(21-43-46-30)32(25)33-26(6-2)20-28-34(35(33)52-24-39(40,41)42)44-37(53-27-10-14-47(15-11-27)18-19-51-4)45-36(28)48-16-12-38(13-17-48)22-49(23-38)31(50)7-3/h5-9,20-21,27H,1-3,10-19,22-24H2,4H3,(H,43,46). The first-order valence-electron chi connectivity index (χ1n) is 17.9. The molecule has 3 saturated heterocycles. The van der Waals surface area contributed by atoms with Crippen molar-refractivity contribution in [1.82, 2.24) is 30.0 Å². The number of benzene rings is 2. The molecule has 280 valence electrons. The minimum atomic E-state index is -4.63. The molecule has 0 atom stereocenters. The molecule has 3 aliphatic heterocycles. The van der Waals surface area contributed by atoms with Crippen LogP contribution in [0.1, 0.15) is 36.8 Å². The number of likely N-dealkylation sites (tertiary alicyclic amines) is 2. The number of alkyl halides is 3. The molecule has 0 bridgehead atoms. The van der Waals surface area contributed by atoms with Crippen molar-refractivity contribution in [2.75, 3.05) is 71.0 Å². The van der Waals surface area contributed by atoms with E-state index in [0.717, 1.165) is 45.3 Å². The van der Waals surface area contributed by atoms with E-state index in [1.165, 1.54) is 6.08 Å². The third kappa shape index (κ3) is 7.34. The summed E-state index contributed by atoms with van der Waals surface area (Å²) < 4.78 is 59.6. The summed E-state index contributed by atoms with van der Waals surface area (Å²) in [5.41, 5.74) is 3.09. The SMILES string of the molecule is C=CC(=O)N1CC2(CCN(c3nc(OC4CCN(CCOC)CC4)nc4c(OCC(F)(F)F)c(-c5c(C=C)ccc6[nH]ncc56)c(C=C)cc34)CC2)C1. The fourth-order valence-corrected chi connectivity index (χ4v) is 7.89. The monoisotopic (exact) mass is 731 g/mol. The summed E-state index contributed by atoms with van der Waals surface area (Å²) in [4.78, 5) is 28.3. The smallest absolute Gasteiger partial charge is 0.422 e. The van der Waals surface area contributed by atoms with E-state index >= 15 is 0 Å². The number of piperidine rings is 2. The van der Waals surface area contributed by atoms with Gasteiger partial charge in [-0.2, -0.15) is 28.2 Å². The van der Waals surface area contributed by atoms with Gasteiger partial charge in [0.2, 0.25) is 5.91 Å². The predicted molar refractivity (Wildman–Crippen MR) is 199 cm³/mol. The zero-order valence-corrected chi connectivity index (χ0v) is 29.9. The highest BCUT2D eigenvalue weighted by molar-refractivity contribution is 6.08. The zero-order valence-electron chi connectivity index (χ0n) is 29.9. The van der Waals surface area contributed by atoms with Crippen molar-refractivity contribution in [1.29, 1.82) is 0 Å². The van der Waals surface area contributed by atoms with Crippen LogP contribution in [-0.4, -0.2) is 114 Å². The first-order valence-corrected chi connectivity index (χ1v) is 17.9. The van der Waals surface area contributed by atoms with Crippen molar-refractivity contribution in [2.24, 2.45) is 5.41 Å². The molecule has 0 radical (unpaired) electrons. The quantitative estimate of drug-likeness (QED) is 0.163. The maximum Gasteiger partial charge on any atom is 0.422 e. The number of methoxy groups -OCH3 is 1. The number of hydrogen-bond donors (Lipinski definition) is 1. The Morgan fingerprint density at radius 2 is 1.75 bits per heavy atom. The average Bonchev–Trinajstić information content (AvgIpc) is 3.63. The Bertz CT molecular complexity index is 2020. The summed E-state index contributed by atoms with van der Waals surface area (Å²) in [6.45, 7) is 15.8. The van der Waals surface area contributed by atoms with Gasteiger partial charge >= 0.3 is 12.2 Å². The van der Waals surface area contributed by atoms with Gasteiger partial charge in [-0.15, -0.1) is 0 Å². The number of halogens is 3. The number of rotatable bonds is 12. The Hall–Kier alpha value is -4.95. The van der Waals surface area contributed by atoms with Crippen molar-refractivity contribution in [2.45, 2.75) is 38.0 Å². The van der Waals surface area contributed by atoms with Crippen LogP contribution >= 0.6 is 0 Å². The maximum absolute atomic E-state index is 14.0. The molecule has 0 aliphatic carbocycles. The lowest BCUT2D eigenvalue weighted by Gasteiger charge is -2.54. The highest BCUT2D eigenvalue weighted by atomic mass is 19.4. The number of nitrogens with zero attached hydrogens (tertiary/aromatic N) is 6. The fraction of sp³-hybridized carbons (Fsp3) is 0.436. The van der Waals surface area contributed by atoms with E-state index in [1.807, 2.05) is 18.2 Å². The minimum Gasteiger partial charge on any atom is -0.481 e. The molecule has 0 saturated carbocycles. The van der Waals surface area contributed by atoms with Crippen molar-refractivity contribution < 1.29 is 32.2 Å². The fourth-order valence-electron chi connectivity index (χ4n) is 7.89. The van der Waals surface area contributed by atoms with Gasteiger partial charge in [0.05, 0.1) is 18.3 Å². The summed E-state index contributed by atoms with van der Waals surface area (Å²) in [6.07, 6.45) is 4.50. The van der Waals surface area contributed by atoms with Gasteiger partial charge in [-0.25, -0.2) is 0 Å². The lowest BCUT2D eigenvalue weighted by Crippen LogP contribution is -2.61. The highest BCUT2D eigenvalue weighted by Crippen LogP contribution is 2.48. The van der Waals surface area contributed by atoms with Gasteiger partial charge in [0.25, 0.3) is 0 Å². The minimum absolute atomic E-state index is 0.00108. The number of ether oxygens (including phenoxy) is 3. The number of anilines is 1. The van der Waals surface area contributed by atoms with E-state index in [9.17, 15) is 18.0 Å². The lowest BCUT2D eigenvalue weighted by molar-refractivity contribution is -0.153. The van der Waals surface area contributed by atoms with Gasteiger partial charge in [-0.05, 0) is 55.0 Å². The van der Waals surface area contributed by atoms with E-state index in [2.05, 4.69) is 39.7 Å². The Kier molecular flexibility index (Phi) is 10.2. The first-order chi connectivity index (χ1) is 25.5. The van der Waals surface area contributed by atoms with Crippen molar-refractivity contribution in [3.05, 3.63) is 61.3 Å². The number of H-pyrrole nitrogens is 1. The van der Waals surface area contributed by atoms with Gasteiger partial charge < -0.3 is 28.9 Å². The molecule has 2 aromatic carbocycles. The maximum atomic E-state index is 14.0. The van der Waals surface area contributed by atoms with Crippen LogP contribution in [0.4, 0.5) is 19.0 Å². The first kappa shape index (κ1) is 36.4. The van der Waals surface area contributed by atoms with Crippen LogP contribution in [0.5, 0.6) is 11.8 Å². The Balaban J connectivity index is 1.35. The van der Waals surface area contributed by atoms with Gasteiger partial charge in [-0.1, -0.05) is 38.0 Å². The Morgan fingerprint density at radius 1 is 1.02 bits per heavy atom. The molecule has 1 amide bonds. The Morgan fingerprint density at radius 3 is 2.42 bits per heavy atom. The van der Waals surface area contributed by atoms with Crippen molar-refractivity contribution in [3.63, 3.8) is 0 Å². The molecule has 7 rings (SSSR count). The number of carbonyl (C=O) groups excluding carboxylic acids is 1. The van der Waals surface area contributed by atoms with E-state index < -0.39 is 12.8 Å². The van der Waals surface area contributed by atoms with Crippen LogP contribution < -0.4 is 14.4 Å².